The minimum absolute atomic E-state index is 0.0966. The Balaban J connectivity index is 1.82. The number of aryl methyl sites for hydroxylation is 1. The van der Waals surface area contributed by atoms with Gasteiger partial charge in [-0.15, -0.1) is 0 Å². The lowest BCUT2D eigenvalue weighted by atomic mass is 9.95. The van der Waals surface area contributed by atoms with Crippen LogP contribution in [0.3, 0.4) is 0 Å². The maximum Gasteiger partial charge on any atom is 0.255 e. The summed E-state index contributed by atoms with van der Waals surface area (Å²) < 4.78 is 13.4. The summed E-state index contributed by atoms with van der Waals surface area (Å²) in [6.45, 7) is 10.4. The molecule has 0 saturated heterocycles. The second-order valence-corrected chi connectivity index (χ2v) is 7.32. The SMILES string of the molecule is CCCn1ncc(C(=O)N[C@@H](c2ccc3c(c2)OCCCO3)C(C)C)c1C. The van der Waals surface area contributed by atoms with Crippen molar-refractivity contribution in [1.29, 1.82) is 0 Å². The number of nitrogens with zero attached hydrogens (tertiary/aromatic N) is 2. The molecule has 1 aromatic heterocycles. The monoisotopic (exact) mass is 371 g/mol. The third-order valence-corrected chi connectivity index (χ3v) is 4.87. The number of carbonyl (C=O) groups is 1. The number of ether oxygens (including phenoxy) is 2. The minimum Gasteiger partial charge on any atom is -0.490 e. The van der Waals surface area contributed by atoms with Crippen LogP contribution in [0, 0.1) is 12.8 Å². The van der Waals surface area contributed by atoms with Crippen LogP contribution in [0.2, 0.25) is 0 Å². The van der Waals surface area contributed by atoms with Crippen LogP contribution < -0.4 is 14.8 Å². The summed E-state index contributed by atoms with van der Waals surface area (Å²) in [5.41, 5.74) is 2.54. The van der Waals surface area contributed by atoms with Crippen molar-refractivity contribution >= 4 is 5.91 Å². The average molecular weight is 371 g/mol. The molecule has 2 heterocycles. The molecule has 0 saturated carbocycles. The standard InChI is InChI=1S/C21H29N3O3/c1-5-9-24-15(4)17(13-22-24)21(25)23-20(14(2)3)16-7-8-18-19(12-16)27-11-6-10-26-18/h7-8,12-14,20H,5-6,9-11H2,1-4H3,(H,23,25)/t20-/m1/s1. The number of nitrogens with one attached hydrogen (secondary N) is 1. The summed E-state index contributed by atoms with van der Waals surface area (Å²) >= 11 is 0. The van der Waals surface area contributed by atoms with E-state index >= 15 is 0 Å². The molecule has 0 aliphatic carbocycles. The van der Waals surface area contributed by atoms with Crippen molar-refractivity contribution in [2.24, 2.45) is 5.92 Å². The van der Waals surface area contributed by atoms with Crippen molar-refractivity contribution in [3.05, 3.63) is 41.2 Å². The van der Waals surface area contributed by atoms with Crippen LogP contribution in [0.1, 0.15) is 61.3 Å². The first kappa shape index (κ1) is 19.3. The Morgan fingerprint density at radius 2 is 2.00 bits per heavy atom. The Labute approximate surface area is 160 Å². The van der Waals surface area contributed by atoms with Crippen LogP contribution in [0.5, 0.6) is 11.5 Å². The fraction of sp³-hybridized carbons (Fsp3) is 0.524. The van der Waals surface area contributed by atoms with Gasteiger partial charge in [-0.25, -0.2) is 0 Å². The quantitative estimate of drug-likeness (QED) is 0.837. The molecule has 0 spiro atoms. The maximum atomic E-state index is 12.9. The smallest absolute Gasteiger partial charge is 0.255 e. The lowest BCUT2D eigenvalue weighted by Crippen LogP contribution is -2.32. The molecule has 6 heteroatoms. The number of hydrogen-bond donors (Lipinski definition) is 1. The molecule has 0 bridgehead atoms. The predicted molar refractivity (Wildman–Crippen MR) is 104 cm³/mol. The van der Waals surface area contributed by atoms with E-state index in [1.807, 2.05) is 29.8 Å². The zero-order valence-corrected chi connectivity index (χ0v) is 16.6. The normalized spacial score (nSPS) is 14.7. The van der Waals surface area contributed by atoms with E-state index < -0.39 is 0 Å². The zero-order chi connectivity index (χ0) is 19.4. The van der Waals surface area contributed by atoms with Gasteiger partial charge in [-0.2, -0.15) is 5.10 Å². The lowest BCUT2D eigenvalue weighted by molar-refractivity contribution is 0.0924. The molecule has 1 aromatic carbocycles. The Bertz CT molecular complexity index is 798. The third-order valence-electron chi connectivity index (χ3n) is 4.87. The van der Waals surface area contributed by atoms with E-state index in [1.165, 1.54) is 0 Å². The summed E-state index contributed by atoms with van der Waals surface area (Å²) in [6, 6.07) is 5.80. The number of fused-ring (bicyclic) bond motifs is 1. The van der Waals surface area contributed by atoms with E-state index in [0.29, 0.717) is 18.8 Å². The van der Waals surface area contributed by atoms with Crippen molar-refractivity contribution in [3.63, 3.8) is 0 Å². The fourth-order valence-electron chi connectivity index (χ4n) is 3.33. The molecule has 1 aliphatic rings. The summed E-state index contributed by atoms with van der Waals surface area (Å²) in [7, 11) is 0. The van der Waals surface area contributed by atoms with Crippen molar-refractivity contribution in [2.45, 2.75) is 53.1 Å². The molecule has 27 heavy (non-hydrogen) atoms. The molecule has 1 atom stereocenters. The van der Waals surface area contributed by atoms with Gasteiger partial charge in [0.05, 0.1) is 31.0 Å². The molecule has 146 valence electrons. The van der Waals surface area contributed by atoms with Gasteiger partial charge in [-0.1, -0.05) is 26.8 Å². The second kappa shape index (κ2) is 8.46. The molecule has 0 fully saturated rings. The molecule has 1 amide bonds. The van der Waals surface area contributed by atoms with Crippen molar-refractivity contribution in [2.75, 3.05) is 13.2 Å². The molecule has 0 radical (unpaired) electrons. The first-order valence-electron chi connectivity index (χ1n) is 9.74. The first-order chi connectivity index (χ1) is 13.0. The van der Waals surface area contributed by atoms with E-state index in [4.69, 9.17) is 9.47 Å². The second-order valence-electron chi connectivity index (χ2n) is 7.32. The molecular formula is C21H29N3O3. The summed E-state index contributed by atoms with van der Waals surface area (Å²) in [4.78, 5) is 12.9. The topological polar surface area (TPSA) is 65.4 Å². The van der Waals surface area contributed by atoms with Gasteiger partial charge in [0.1, 0.15) is 0 Å². The van der Waals surface area contributed by atoms with Crippen LogP contribution in [-0.4, -0.2) is 28.9 Å². The Kier molecular flexibility index (Phi) is 6.04. The molecule has 1 N–H and O–H groups in total. The van der Waals surface area contributed by atoms with Gasteiger partial charge in [0, 0.05) is 18.7 Å². The molecule has 6 nitrogen and oxygen atoms in total. The summed E-state index contributed by atoms with van der Waals surface area (Å²) in [6.07, 6.45) is 3.51. The van der Waals surface area contributed by atoms with Gasteiger partial charge >= 0.3 is 0 Å². The van der Waals surface area contributed by atoms with E-state index in [2.05, 4.69) is 31.2 Å². The number of carbonyl (C=O) groups excluding carboxylic acids is 1. The highest BCUT2D eigenvalue weighted by atomic mass is 16.5. The Morgan fingerprint density at radius 3 is 2.70 bits per heavy atom. The van der Waals surface area contributed by atoms with Gasteiger partial charge in [0.15, 0.2) is 11.5 Å². The molecular weight excluding hydrogens is 342 g/mol. The van der Waals surface area contributed by atoms with Crippen molar-refractivity contribution in [1.82, 2.24) is 15.1 Å². The zero-order valence-electron chi connectivity index (χ0n) is 16.6. The van der Waals surface area contributed by atoms with Crippen LogP contribution in [0.4, 0.5) is 0 Å². The average Bonchev–Trinajstić information content (AvgIpc) is 2.86. The summed E-state index contributed by atoms with van der Waals surface area (Å²) in [5, 5.41) is 7.52. The van der Waals surface area contributed by atoms with Gasteiger partial charge in [-0.05, 0) is 37.0 Å². The number of amides is 1. The Morgan fingerprint density at radius 1 is 1.26 bits per heavy atom. The first-order valence-corrected chi connectivity index (χ1v) is 9.74. The highest BCUT2D eigenvalue weighted by Crippen LogP contribution is 2.34. The van der Waals surface area contributed by atoms with Crippen molar-refractivity contribution in [3.8, 4) is 11.5 Å². The van der Waals surface area contributed by atoms with E-state index in [9.17, 15) is 4.79 Å². The molecule has 2 aromatic rings. The number of hydrogen-bond acceptors (Lipinski definition) is 4. The predicted octanol–water partition coefficient (Wildman–Crippen LogP) is 3.89. The third kappa shape index (κ3) is 4.26. The van der Waals surface area contributed by atoms with E-state index in [-0.39, 0.29) is 17.9 Å². The van der Waals surface area contributed by atoms with E-state index in [0.717, 1.165) is 42.1 Å². The highest BCUT2D eigenvalue weighted by Gasteiger charge is 2.23. The summed E-state index contributed by atoms with van der Waals surface area (Å²) in [5.74, 6) is 1.64. The minimum atomic E-state index is -0.122. The van der Waals surface area contributed by atoms with Crippen LogP contribution in [0.15, 0.2) is 24.4 Å². The van der Waals surface area contributed by atoms with Crippen LogP contribution in [0.25, 0.3) is 0 Å². The number of aromatic nitrogens is 2. The van der Waals surface area contributed by atoms with Gasteiger partial charge in [0.25, 0.3) is 5.91 Å². The fourth-order valence-corrected chi connectivity index (χ4v) is 3.33. The van der Waals surface area contributed by atoms with Gasteiger partial charge in [-0.3, -0.25) is 9.48 Å². The molecule has 0 unspecified atom stereocenters. The number of benzene rings is 1. The number of rotatable bonds is 6. The lowest BCUT2D eigenvalue weighted by Gasteiger charge is -2.24. The van der Waals surface area contributed by atoms with Crippen LogP contribution in [-0.2, 0) is 6.54 Å². The molecule has 1 aliphatic heterocycles. The van der Waals surface area contributed by atoms with Gasteiger partial charge in [0.2, 0.25) is 0 Å². The van der Waals surface area contributed by atoms with Crippen LogP contribution >= 0.6 is 0 Å². The Hall–Kier alpha value is -2.50. The molecule has 3 rings (SSSR count). The highest BCUT2D eigenvalue weighted by molar-refractivity contribution is 5.95. The maximum absolute atomic E-state index is 12.9. The van der Waals surface area contributed by atoms with E-state index in [1.54, 1.807) is 6.20 Å². The van der Waals surface area contributed by atoms with Gasteiger partial charge < -0.3 is 14.8 Å². The van der Waals surface area contributed by atoms with Crippen molar-refractivity contribution < 1.29 is 14.3 Å². The largest absolute Gasteiger partial charge is 0.490 e.